The SMILES string of the molecule is COc1ccc(CC(CN)C(C)C)cc1C(C)(C)C. The molecule has 0 bridgehead atoms. The van der Waals surface area contributed by atoms with Crippen molar-refractivity contribution < 1.29 is 4.74 Å². The maximum Gasteiger partial charge on any atom is 0.122 e. The Morgan fingerprint density at radius 1 is 1.21 bits per heavy atom. The molecule has 0 aromatic heterocycles. The lowest BCUT2D eigenvalue weighted by atomic mass is 9.83. The molecule has 0 radical (unpaired) electrons. The van der Waals surface area contributed by atoms with Crippen LogP contribution in [0.3, 0.4) is 0 Å². The largest absolute Gasteiger partial charge is 0.496 e. The second-order valence-corrected chi connectivity index (χ2v) is 6.73. The van der Waals surface area contributed by atoms with E-state index in [1.54, 1.807) is 7.11 Å². The highest BCUT2D eigenvalue weighted by Gasteiger charge is 2.20. The average Bonchev–Trinajstić information content (AvgIpc) is 2.34. The summed E-state index contributed by atoms with van der Waals surface area (Å²) in [4.78, 5) is 0. The molecule has 0 fully saturated rings. The van der Waals surface area contributed by atoms with Gasteiger partial charge in [-0.2, -0.15) is 0 Å². The Morgan fingerprint density at radius 2 is 1.84 bits per heavy atom. The van der Waals surface area contributed by atoms with E-state index in [1.807, 2.05) is 0 Å². The minimum Gasteiger partial charge on any atom is -0.496 e. The molecule has 2 heteroatoms. The lowest BCUT2D eigenvalue weighted by Crippen LogP contribution is -2.22. The summed E-state index contributed by atoms with van der Waals surface area (Å²) >= 11 is 0. The van der Waals surface area contributed by atoms with Crippen LogP contribution < -0.4 is 10.5 Å². The van der Waals surface area contributed by atoms with E-state index >= 15 is 0 Å². The first-order chi connectivity index (χ1) is 8.79. The second kappa shape index (κ2) is 6.42. The van der Waals surface area contributed by atoms with Gasteiger partial charge in [0.1, 0.15) is 5.75 Å². The third-order valence-corrected chi connectivity index (χ3v) is 3.82. The number of methoxy groups -OCH3 is 1. The van der Waals surface area contributed by atoms with Crippen LogP contribution in [0.1, 0.15) is 45.7 Å². The van der Waals surface area contributed by atoms with E-state index in [1.165, 1.54) is 11.1 Å². The summed E-state index contributed by atoms with van der Waals surface area (Å²) in [6.45, 7) is 11.9. The minimum atomic E-state index is 0.0946. The van der Waals surface area contributed by atoms with Crippen LogP contribution in [-0.4, -0.2) is 13.7 Å². The van der Waals surface area contributed by atoms with Gasteiger partial charge in [-0.15, -0.1) is 0 Å². The van der Waals surface area contributed by atoms with Crippen LogP contribution in [0.5, 0.6) is 5.75 Å². The number of benzene rings is 1. The lowest BCUT2D eigenvalue weighted by Gasteiger charge is -2.24. The van der Waals surface area contributed by atoms with E-state index in [2.05, 4.69) is 52.8 Å². The lowest BCUT2D eigenvalue weighted by molar-refractivity contribution is 0.387. The van der Waals surface area contributed by atoms with Crippen molar-refractivity contribution in [1.82, 2.24) is 0 Å². The predicted octanol–water partition coefficient (Wildman–Crippen LogP) is 3.77. The summed E-state index contributed by atoms with van der Waals surface area (Å²) in [6, 6.07) is 6.53. The summed E-state index contributed by atoms with van der Waals surface area (Å²) in [5.74, 6) is 2.14. The van der Waals surface area contributed by atoms with E-state index in [0.29, 0.717) is 11.8 Å². The van der Waals surface area contributed by atoms with Gasteiger partial charge in [-0.25, -0.2) is 0 Å². The number of ether oxygens (including phenoxy) is 1. The Kier molecular flexibility index (Phi) is 5.42. The molecule has 108 valence electrons. The van der Waals surface area contributed by atoms with Gasteiger partial charge in [0, 0.05) is 0 Å². The van der Waals surface area contributed by atoms with E-state index in [4.69, 9.17) is 10.5 Å². The van der Waals surface area contributed by atoms with E-state index in [0.717, 1.165) is 18.7 Å². The van der Waals surface area contributed by atoms with Crippen molar-refractivity contribution in [2.75, 3.05) is 13.7 Å². The summed E-state index contributed by atoms with van der Waals surface area (Å²) in [7, 11) is 1.74. The molecule has 2 nitrogen and oxygen atoms in total. The molecule has 0 aliphatic rings. The smallest absolute Gasteiger partial charge is 0.122 e. The molecule has 0 spiro atoms. The number of nitrogens with two attached hydrogens (primary N) is 1. The van der Waals surface area contributed by atoms with E-state index < -0.39 is 0 Å². The van der Waals surface area contributed by atoms with Crippen molar-refractivity contribution in [1.29, 1.82) is 0 Å². The second-order valence-electron chi connectivity index (χ2n) is 6.73. The van der Waals surface area contributed by atoms with Crippen molar-refractivity contribution in [3.63, 3.8) is 0 Å². The highest BCUT2D eigenvalue weighted by Crippen LogP contribution is 2.32. The molecule has 1 aromatic rings. The van der Waals surface area contributed by atoms with E-state index in [-0.39, 0.29) is 5.41 Å². The van der Waals surface area contributed by atoms with Gasteiger partial charge in [-0.1, -0.05) is 46.8 Å². The maximum atomic E-state index is 5.88. The molecule has 1 unspecified atom stereocenters. The van der Waals surface area contributed by atoms with Crippen LogP contribution in [0, 0.1) is 11.8 Å². The summed E-state index contributed by atoms with van der Waals surface area (Å²) < 4.78 is 5.48. The van der Waals surface area contributed by atoms with E-state index in [9.17, 15) is 0 Å². The Morgan fingerprint density at radius 3 is 2.26 bits per heavy atom. The van der Waals surface area contributed by atoms with Gasteiger partial charge >= 0.3 is 0 Å². The van der Waals surface area contributed by atoms with Crippen LogP contribution in [0.15, 0.2) is 18.2 Å². The molecule has 0 aliphatic heterocycles. The molecule has 0 heterocycles. The Labute approximate surface area is 118 Å². The van der Waals surface area contributed by atoms with Crippen molar-refractivity contribution in [2.45, 2.75) is 46.5 Å². The van der Waals surface area contributed by atoms with Gasteiger partial charge < -0.3 is 10.5 Å². The zero-order valence-electron chi connectivity index (χ0n) is 13.3. The molecule has 1 rings (SSSR count). The molecule has 2 N–H and O–H groups in total. The van der Waals surface area contributed by atoms with Gasteiger partial charge in [0.15, 0.2) is 0 Å². The summed E-state index contributed by atoms with van der Waals surface area (Å²) in [5.41, 5.74) is 8.60. The molecule has 1 atom stereocenters. The van der Waals surface area contributed by atoms with Crippen LogP contribution in [-0.2, 0) is 11.8 Å². The third kappa shape index (κ3) is 4.24. The van der Waals surface area contributed by atoms with Gasteiger partial charge in [0.25, 0.3) is 0 Å². The number of hydrogen-bond donors (Lipinski definition) is 1. The van der Waals surface area contributed by atoms with Crippen LogP contribution in [0.4, 0.5) is 0 Å². The van der Waals surface area contributed by atoms with Crippen molar-refractivity contribution in [3.8, 4) is 5.75 Å². The fraction of sp³-hybridized carbons (Fsp3) is 0.647. The fourth-order valence-corrected chi connectivity index (χ4v) is 2.36. The monoisotopic (exact) mass is 263 g/mol. The molecular formula is C17H29NO. The first kappa shape index (κ1) is 16.0. The highest BCUT2D eigenvalue weighted by molar-refractivity contribution is 5.41. The summed E-state index contributed by atoms with van der Waals surface area (Å²) in [5, 5.41) is 0. The minimum absolute atomic E-state index is 0.0946. The van der Waals surface area contributed by atoms with Gasteiger partial charge in [-0.05, 0) is 47.4 Å². The first-order valence-corrected chi connectivity index (χ1v) is 7.17. The quantitative estimate of drug-likeness (QED) is 0.877. The number of rotatable bonds is 5. The highest BCUT2D eigenvalue weighted by atomic mass is 16.5. The van der Waals surface area contributed by atoms with Gasteiger partial charge in [0.05, 0.1) is 7.11 Å². The third-order valence-electron chi connectivity index (χ3n) is 3.82. The molecule has 0 saturated carbocycles. The fourth-order valence-electron chi connectivity index (χ4n) is 2.36. The molecule has 0 amide bonds. The first-order valence-electron chi connectivity index (χ1n) is 7.17. The zero-order chi connectivity index (χ0) is 14.6. The number of hydrogen-bond acceptors (Lipinski definition) is 2. The van der Waals surface area contributed by atoms with Crippen LogP contribution in [0.2, 0.25) is 0 Å². The zero-order valence-corrected chi connectivity index (χ0v) is 13.3. The Hall–Kier alpha value is -1.02. The van der Waals surface area contributed by atoms with Crippen molar-refractivity contribution in [3.05, 3.63) is 29.3 Å². The molecule has 0 aliphatic carbocycles. The van der Waals surface area contributed by atoms with Gasteiger partial charge in [0.2, 0.25) is 0 Å². The Balaban J connectivity index is 3.05. The normalized spacial score (nSPS) is 13.7. The van der Waals surface area contributed by atoms with Crippen LogP contribution >= 0.6 is 0 Å². The molecule has 1 aromatic carbocycles. The molecule has 0 saturated heterocycles. The molecular weight excluding hydrogens is 234 g/mol. The topological polar surface area (TPSA) is 35.2 Å². The Bertz CT molecular complexity index is 404. The van der Waals surface area contributed by atoms with Crippen molar-refractivity contribution in [2.24, 2.45) is 17.6 Å². The molecule has 19 heavy (non-hydrogen) atoms. The summed E-state index contributed by atoms with van der Waals surface area (Å²) in [6.07, 6.45) is 1.04. The van der Waals surface area contributed by atoms with Gasteiger partial charge in [-0.3, -0.25) is 0 Å². The predicted molar refractivity (Wildman–Crippen MR) is 82.8 cm³/mol. The van der Waals surface area contributed by atoms with Crippen LogP contribution in [0.25, 0.3) is 0 Å². The standard InChI is InChI=1S/C17H29NO/c1-12(2)14(11-18)9-13-7-8-16(19-6)15(10-13)17(3,4)5/h7-8,10,12,14H,9,11,18H2,1-6H3. The van der Waals surface area contributed by atoms with Crippen molar-refractivity contribution >= 4 is 0 Å². The average molecular weight is 263 g/mol. The maximum absolute atomic E-state index is 5.88.